The molecule has 1 rings (SSSR count). The van der Waals surface area contributed by atoms with Gasteiger partial charge < -0.3 is 4.74 Å². The van der Waals surface area contributed by atoms with E-state index in [-0.39, 0.29) is 5.97 Å². The third-order valence-corrected chi connectivity index (χ3v) is 4.37. The number of cyclic esters (lactones) is 1. The maximum Gasteiger partial charge on any atom is 0.332 e. The average Bonchev–Trinajstić information content (AvgIpc) is 2.50. The fourth-order valence-electron chi connectivity index (χ4n) is 1.89. The number of thioether (sulfide) groups is 1. The van der Waals surface area contributed by atoms with Crippen molar-refractivity contribution in [3.05, 3.63) is 11.0 Å². The monoisotopic (exact) mass is 256 g/mol. The van der Waals surface area contributed by atoms with E-state index in [9.17, 15) is 4.79 Å². The Bertz CT molecular complexity index is 282. The third kappa shape index (κ3) is 5.15. The van der Waals surface area contributed by atoms with Gasteiger partial charge in [-0.25, -0.2) is 4.79 Å². The predicted molar refractivity (Wildman–Crippen MR) is 74.1 cm³/mol. The van der Waals surface area contributed by atoms with Gasteiger partial charge >= 0.3 is 5.97 Å². The van der Waals surface area contributed by atoms with E-state index in [0.29, 0.717) is 0 Å². The van der Waals surface area contributed by atoms with Crippen LogP contribution in [0.2, 0.25) is 0 Å². The molecule has 0 aromatic rings. The van der Waals surface area contributed by atoms with E-state index in [2.05, 4.69) is 6.92 Å². The van der Waals surface area contributed by atoms with E-state index in [1.165, 1.54) is 38.5 Å². The summed E-state index contributed by atoms with van der Waals surface area (Å²) < 4.78 is 5.22. The number of unbranched alkanes of at least 4 members (excludes halogenated alkanes) is 5. The van der Waals surface area contributed by atoms with E-state index in [4.69, 9.17) is 4.74 Å². The van der Waals surface area contributed by atoms with Crippen molar-refractivity contribution in [2.24, 2.45) is 0 Å². The van der Waals surface area contributed by atoms with Crippen LogP contribution in [-0.2, 0) is 9.53 Å². The van der Waals surface area contributed by atoms with Gasteiger partial charge in [0.25, 0.3) is 0 Å². The molecule has 0 N–H and O–H groups in total. The molecule has 0 unspecified atom stereocenters. The van der Waals surface area contributed by atoms with E-state index in [0.717, 1.165) is 10.7 Å². The highest BCUT2D eigenvalue weighted by molar-refractivity contribution is 8.03. The van der Waals surface area contributed by atoms with Crippen LogP contribution in [0.15, 0.2) is 11.0 Å². The molecule has 0 atom stereocenters. The number of carbonyl (C=O) groups excluding carboxylic acids is 1. The van der Waals surface area contributed by atoms with Crippen molar-refractivity contribution in [1.82, 2.24) is 0 Å². The number of hydrogen-bond acceptors (Lipinski definition) is 3. The standard InChI is InChI=1S/C14H24O2S/c1-4-5-6-7-8-9-10-17-12-11-13(15)16-14(12,2)3/h11H,4-10H2,1-3H3. The summed E-state index contributed by atoms with van der Waals surface area (Å²) in [5, 5.41) is 0. The van der Waals surface area contributed by atoms with Gasteiger partial charge in [-0.1, -0.05) is 39.0 Å². The van der Waals surface area contributed by atoms with Gasteiger partial charge in [0.2, 0.25) is 0 Å². The zero-order valence-electron chi connectivity index (χ0n) is 11.3. The first-order valence-corrected chi connectivity index (χ1v) is 7.63. The minimum Gasteiger partial charge on any atom is -0.451 e. The normalized spacial score (nSPS) is 18.1. The Hall–Kier alpha value is -0.440. The van der Waals surface area contributed by atoms with Crippen LogP contribution in [0.5, 0.6) is 0 Å². The van der Waals surface area contributed by atoms with Gasteiger partial charge in [0, 0.05) is 11.0 Å². The maximum absolute atomic E-state index is 11.2. The summed E-state index contributed by atoms with van der Waals surface area (Å²) in [5.41, 5.74) is -0.399. The smallest absolute Gasteiger partial charge is 0.332 e. The van der Waals surface area contributed by atoms with Gasteiger partial charge in [0.15, 0.2) is 0 Å². The minimum absolute atomic E-state index is 0.194. The summed E-state index contributed by atoms with van der Waals surface area (Å²) >= 11 is 1.77. The highest BCUT2D eigenvalue weighted by atomic mass is 32.2. The lowest BCUT2D eigenvalue weighted by atomic mass is 10.1. The Balaban J connectivity index is 2.11. The molecular weight excluding hydrogens is 232 g/mol. The van der Waals surface area contributed by atoms with Gasteiger partial charge in [0.1, 0.15) is 5.60 Å². The molecule has 0 saturated carbocycles. The van der Waals surface area contributed by atoms with Crippen LogP contribution in [0, 0.1) is 0 Å². The number of rotatable bonds is 8. The van der Waals surface area contributed by atoms with Crippen LogP contribution >= 0.6 is 11.8 Å². The Morgan fingerprint density at radius 1 is 1.18 bits per heavy atom. The highest BCUT2D eigenvalue weighted by Crippen LogP contribution is 2.36. The van der Waals surface area contributed by atoms with Crippen molar-refractivity contribution in [3.63, 3.8) is 0 Å². The topological polar surface area (TPSA) is 26.3 Å². The van der Waals surface area contributed by atoms with E-state index in [1.54, 1.807) is 17.8 Å². The summed E-state index contributed by atoms with van der Waals surface area (Å²) in [5.74, 6) is 0.901. The molecule has 0 amide bonds. The van der Waals surface area contributed by atoms with Crippen LogP contribution in [0.3, 0.4) is 0 Å². The molecule has 1 heterocycles. The summed E-state index contributed by atoms with van der Waals surface area (Å²) in [6, 6.07) is 0. The lowest BCUT2D eigenvalue weighted by Gasteiger charge is -2.20. The van der Waals surface area contributed by atoms with Crippen LogP contribution in [0.1, 0.15) is 59.3 Å². The van der Waals surface area contributed by atoms with E-state index in [1.807, 2.05) is 13.8 Å². The largest absolute Gasteiger partial charge is 0.451 e. The van der Waals surface area contributed by atoms with Crippen molar-refractivity contribution in [2.75, 3.05) is 5.75 Å². The number of carbonyl (C=O) groups is 1. The summed E-state index contributed by atoms with van der Waals surface area (Å²) in [4.78, 5) is 12.2. The second-order valence-corrected chi connectivity index (χ2v) is 6.19. The summed E-state index contributed by atoms with van der Waals surface area (Å²) in [6.45, 7) is 6.15. The van der Waals surface area contributed by atoms with Gasteiger partial charge in [-0.15, -0.1) is 11.8 Å². The van der Waals surface area contributed by atoms with Crippen LogP contribution in [0.4, 0.5) is 0 Å². The predicted octanol–water partition coefficient (Wildman–Crippen LogP) is 4.30. The lowest BCUT2D eigenvalue weighted by Crippen LogP contribution is -2.22. The molecule has 17 heavy (non-hydrogen) atoms. The van der Waals surface area contributed by atoms with Gasteiger partial charge in [-0.2, -0.15) is 0 Å². The molecule has 1 aliphatic heterocycles. The minimum atomic E-state index is -0.399. The molecule has 0 saturated heterocycles. The third-order valence-electron chi connectivity index (χ3n) is 2.95. The fourth-order valence-corrected chi connectivity index (χ4v) is 3.03. The first-order valence-electron chi connectivity index (χ1n) is 6.64. The highest BCUT2D eigenvalue weighted by Gasteiger charge is 2.33. The molecule has 98 valence electrons. The summed E-state index contributed by atoms with van der Waals surface area (Å²) in [7, 11) is 0. The lowest BCUT2D eigenvalue weighted by molar-refractivity contribution is -0.143. The molecule has 0 radical (unpaired) electrons. The fraction of sp³-hybridized carbons (Fsp3) is 0.786. The molecule has 3 heteroatoms. The Labute approximate surface area is 109 Å². The quantitative estimate of drug-likeness (QED) is 0.478. The number of esters is 1. The molecular formula is C14H24O2S. The van der Waals surface area contributed by atoms with E-state index >= 15 is 0 Å². The molecule has 0 aliphatic carbocycles. The zero-order chi connectivity index (χ0) is 12.7. The number of ether oxygens (including phenoxy) is 1. The second-order valence-electron chi connectivity index (χ2n) is 5.06. The van der Waals surface area contributed by atoms with Crippen molar-refractivity contribution in [3.8, 4) is 0 Å². The SMILES string of the molecule is CCCCCCCCSC1=CC(=O)OC1(C)C. The van der Waals surface area contributed by atoms with Gasteiger partial charge in [-0.05, 0) is 26.0 Å². The first kappa shape index (κ1) is 14.6. The van der Waals surface area contributed by atoms with E-state index < -0.39 is 5.60 Å². The van der Waals surface area contributed by atoms with Crippen LogP contribution in [0.25, 0.3) is 0 Å². The van der Waals surface area contributed by atoms with Crippen molar-refractivity contribution in [2.45, 2.75) is 64.9 Å². The average molecular weight is 256 g/mol. The van der Waals surface area contributed by atoms with Crippen molar-refractivity contribution >= 4 is 17.7 Å². The van der Waals surface area contributed by atoms with Crippen LogP contribution < -0.4 is 0 Å². The Morgan fingerprint density at radius 3 is 2.41 bits per heavy atom. The summed E-state index contributed by atoms with van der Waals surface area (Å²) in [6.07, 6.45) is 9.53. The molecule has 0 fully saturated rings. The second kappa shape index (κ2) is 7.10. The molecule has 0 bridgehead atoms. The van der Waals surface area contributed by atoms with Crippen molar-refractivity contribution in [1.29, 1.82) is 0 Å². The Morgan fingerprint density at radius 2 is 1.82 bits per heavy atom. The number of hydrogen-bond donors (Lipinski definition) is 0. The maximum atomic E-state index is 11.2. The van der Waals surface area contributed by atoms with Gasteiger partial charge in [0.05, 0.1) is 0 Å². The zero-order valence-corrected chi connectivity index (χ0v) is 12.1. The Kier molecular flexibility index (Phi) is 6.10. The molecule has 1 aliphatic rings. The molecule has 0 spiro atoms. The van der Waals surface area contributed by atoms with Crippen molar-refractivity contribution < 1.29 is 9.53 Å². The first-order chi connectivity index (χ1) is 8.06. The van der Waals surface area contributed by atoms with Gasteiger partial charge in [-0.3, -0.25) is 0 Å². The molecule has 0 aromatic heterocycles. The van der Waals surface area contributed by atoms with Crippen LogP contribution in [-0.4, -0.2) is 17.3 Å². The molecule has 2 nitrogen and oxygen atoms in total. The molecule has 0 aromatic carbocycles.